The molecule has 2 aromatic heterocycles. The van der Waals surface area contributed by atoms with Crippen molar-refractivity contribution < 1.29 is 9.15 Å². The number of fused-ring (bicyclic) bond motifs is 1. The fraction of sp³-hybridized carbons (Fsp3) is 0.611. The molecule has 1 atom stereocenters. The van der Waals surface area contributed by atoms with Gasteiger partial charge in [-0.2, -0.15) is 5.10 Å². The summed E-state index contributed by atoms with van der Waals surface area (Å²) in [5.74, 6) is 2.27. The van der Waals surface area contributed by atoms with Crippen LogP contribution < -0.4 is 0 Å². The molecule has 0 aromatic carbocycles. The normalized spacial score (nSPS) is 21.5. The van der Waals surface area contributed by atoms with Crippen LogP contribution in [0.1, 0.15) is 42.7 Å². The summed E-state index contributed by atoms with van der Waals surface area (Å²) in [6, 6.07) is 3.99. The summed E-state index contributed by atoms with van der Waals surface area (Å²) in [4.78, 5) is 2.42. The Balaban J connectivity index is 1.51. The van der Waals surface area contributed by atoms with Crippen molar-refractivity contribution in [2.24, 2.45) is 5.92 Å². The zero-order valence-electron chi connectivity index (χ0n) is 13.8. The number of nitrogens with zero attached hydrogens (tertiary/aromatic N) is 3. The van der Waals surface area contributed by atoms with Gasteiger partial charge in [-0.25, -0.2) is 0 Å². The van der Waals surface area contributed by atoms with Crippen LogP contribution >= 0.6 is 0 Å². The van der Waals surface area contributed by atoms with Crippen LogP contribution in [0.2, 0.25) is 0 Å². The minimum Gasteiger partial charge on any atom is -0.468 e. The molecular formula is C18H25N3O2. The lowest BCUT2D eigenvalue weighted by molar-refractivity contribution is 0.102. The van der Waals surface area contributed by atoms with Gasteiger partial charge in [0.2, 0.25) is 0 Å². The van der Waals surface area contributed by atoms with Crippen LogP contribution in [0.15, 0.2) is 29.0 Å². The number of rotatable bonds is 7. The Labute approximate surface area is 137 Å². The fourth-order valence-electron chi connectivity index (χ4n) is 3.43. The first kappa shape index (κ1) is 15.0. The summed E-state index contributed by atoms with van der Waals surface area (Å²) in [6.07, 6.45) is 6.73. The highest BCUT2D eigenvalue weighted by Gasteiger charge is 2.30. The van der Waals surface area contributed by atoms with E-state index in [4.69, 9.17) is 14.3 Å². The van der Waals surface area contributed by atoms with Gasteiger partial charge in [0.1, 0.15) is 5.76 Å². The molecule has 0 amide bonds. The number of hydrogen-bond acceptors (Lipinski definition) is 4. The van der Waals surface area contributed by atoms with E-state index in [1.807, 2.05) is 12.1 Å². The van der Waals surface area contributed by atoms with Crippen molar-refractivity contribution in [2.45, 2.75) is 45.3 Å². The minimum atomic E-state index is 0.404. The molecule has 1 aliphatic heterocycles. The molecule has 1 aliphatic carbocycles. The third-order valence-electron chi connectivity index (χ3n) is 4.79. The van der Waals surface area contributed by atoms with E-state index in [1.54, 1.807) is 6.26 Å². The summed E-state index contributed by atoms with van der Waals surface area (Å²) in [5.41, 5.74) is 2.60. The Hall–Kier alpha value is -1.59. The van der Waals surface area contributed by atoms with Gasteiger partial charge >= 0.3 is 0 Å². The van der Waals surface area contributed by atoms with Crippen molar-refractivity contribution in [3.63, 3.8) is 0 Å². The zero-order valence-corrected chi connectivity index (χ0v) is 13.8. The maximum atomic E-state index is 5.73. The Kier molecular flexibility index (Phi) is 4.23. The zero-order chi connectivity index (χ0) is 15.6. The first-order valence-corrected chi connectivity index (χ1v) is 8.70. The van der Waals surface area contributed by atoms with E-state index >= 15 is 0 Å². The van der Waals surface area contributed by atoms with Gasteiger partial charge in [-0.05, 0) is 37.8 Å². The third-order valence-corrected chi connectivity index (χ3v) is 4.79. The molecule has 0 spiro atoms. The van der Waals surface area contributed by atoms with E-state index in [-0.39, 0.29) is 0 Å². The van der Waals surface area contributed by atoms with Crippen LogP contribution in [0.25, 0.3) is 0 Å². The Morgan fingerprint density at radius 2 is 2.30 bits per heavy atom. The number of furan rings is 1. The van der Waals surface area contributed by atoms with Crippen LogP contribution in [-0.2, 0) is 24.4 Å². The molecule has 5 nitrogen and oxygen atoms in total. The number of aromatic nitrogens is 2. The van der Waals surface area contributed by atoms with Gasteiger partial charge in [0.15, 0.2) is 0 Å². The van der Waals surface area contributed by atoms with Crippen molar-refractivity contribution in [3.05, 3.63) is 41.6 Å². The van der Waals surface area contributed by atoms with Gasteiger partial charge in [-0.15, -0.1) is 0 Å². The highest BCUT2D eigenvalue weighted by Crippen LogP contribution is 2.33. The molecule has 0 bridgehead atoms. The van der Waals surface area contributed by atoms with E-state index in [9.17, 15) is 0 Å². The predicted octanol–water partition coefficient (Wildman–Crippen LogP) is 3.02. The standard InChI is InChI=1S/C18H25N3O2/c1-2-22-13-15-9-20(10-16-4-3-7-23-16)12-18-17(15)11-21(19-18)8-14-5-6-14/h3-4,7,11,14-15H,2,5-6,8-10,12-13H2,1H3/t15-/m0/s1. The van der Waals surface area contributed by atoms with Gasteiger partial charge in [-0.1, -0.05) is 0 Å². The molecule has 5 heteroatoms. The van der Waals surface area contributed by atoms with E-state index in [2.05, 4.69) is 22.7 Å². The highest BCUT2D eigenvalue weighted by atomic mass is 16.5. The quantitative estimate of drug-likeness (QED) is 0.788. The molecule has 0 radical (unpaired) electrons. The van der Waals surface area contributed by atoms with Crippen molar-refractivity contribution in [1.82, 2.24) is 14.7 Å². The molecule has 1 saturated carbocycles. The van der Waals surface area contributed by atoms with Crippen LogP contribution in [0.3, 0.4) is 0 Å². The molecule has 0 N–H and O–H groups in total. The Bertz CT molecular complexity index is 631. The topological polar surface area (TPSA) is 43.4 Å². The maximum absolute atomic E-state index is 5.73. The van der Waals surface area contributed by atoms with E-state index in [0.717, 1.165) is 51.1 Å². The molecule has 1 fully saturated rings. The number of hydrogen-bond donors (Lipinski definition) is 0. The summed E-state index contributed by atoms with van der Waals surface area (Å²) in [5, 5.41) is 4.86. The fourth-order valence-corrected chi connectivity index (χ4v) is 3.43. The van der Waals surface area contributed by atoms with Crippen LogP contribution in [0.5, 0.6) is 0 Å². The van der Waals surface area contributed by atoms with Crippen molar-refractivity contribution in [1.29, 1.82) is 0 Å². The van der Waals surface area contributed by atoms with Crippen molar-refractivity contribution in [2.75, 3.05) is 19.8 Å². The van der Waals surface area contributed by atoms with Gasteiger partial charge in [0.05, 0.1) is 25.1 Å². The summed E-state index contributed by atoms with van der Waals surface area (Å²) in [7, 11) is 0. The molecule has 124 valence electrons. The lowest BCUT2D eigenvalue weighted by Gasteiger charge is -2.31. The minimum absolute atomic E-state index is 0.404. The molecule has 2 aromatic rings. The van der Waals surface area contributed by atoms with E-state index in [0.29, 0.717) is 5.92 Å². The average molecular weight is 315 g/mol. The second kappa shape index (κ2) is 6.49. The molecule has 0 saturated heterocycles. The monoisotopic (exact) mass is 315 g/mol. The second-order valence-corrected chi connectivity index (χ2v) is 6.80. The molecule has 2 aliphatic rings. The molecule has 3 heterocycles. The first-order chi connectivity index (χ1) is 11.3. The van der Waals surface area contributed by atoms with Crippen molar-refractivity contribution in [3.8, 4) is 0 Å². The first-order valence-electron chi connectivity index (χ1n) is 8.70. The Morgan fingerprint density at radius 1 is 1.39 bits per heavy atom. The van der Waals surface area contributed by atoms with Crippen molar-refractivity contribution >= 4 is 0 Å². The van der Waals surface area contributed by atoms with Gasteiger partial charge in [0, 0.05) is 43.9 Å². The lowest BCUT2D eigenvalue weighted by Crippen LogP contribution is -2.34. The number of ether oxygens (including phenoxy) is 1. The smallest absolute Gasteiger partial charge is 0.117 e. The maximum Gasteiger partial charge on any atom is 0.117 e. The third kappa shape index (κ3) is 3.51. The molecule has 23 heavy (non-hydrogen) atoms. The van der Waals surface area contributed by atoms with Crippen LogP contribution in [0, 0.1) is 5.92 Å². The summed E-state index contributed by atoms with van der Waals surface area (Å²) < 4.78 is 13.4. The summed E-state index contributed by atoms with van der Waals surface area (Å²) in [6.45, 7) is 7.41. The predicted molar refractivity (Wildman–Crippen MR) is 87.0 cm³/mol. The SMILES string of the molecule is CCOC[C@@H]1CN(Cc2ccco2)Cc2nn(CC3CC3)cc21. The van der Waals surface area contributed by atoms with Gasteiger partial charge in [-0.3, -0.25) is 9.58 Å². The van der Waals surface area contributed by atoms with Gasteiger partial charge in [0.25, 0.3) is 0 Å². The summed E-state index contributed by atoms with van der Waals surface area (Å²) >= 11 is 0. The molecule has 0 unspecified atom stereocenters. The van der Waals surface area contributed by atoms with E-state index < -0.39 is 0 Å². The largest absolute Gasteiger partial charge is 0.468 e. The highest BCUT2D eigenvalue weighted by molar-refractivity contribution is 5.25. The van der Waals surface area contributed by atoms with Crippen LogP contribution in [-0.4, -0.2) is 34.4 Å². The molecular weight excluding hydrogens is 290 g/mol. The lowest BCUT2D eigenvalue weighted by atomic mass is 9.95. The Morgan fingerprint density at radius 3 is 3.04 bits per heavy atom. The molecule has 4 rings (SSSR count). The average Bonchev–Trinajstić information content (AvgIpc) is 3.04. The van der Waals surface area contributed by atoms with E-state index in [1.165, 1.54) is 24.1 Å². The van der Waals surface area contributed by atoms with Crippen LogP contribution in [0.4, 0.5) is 0 Å². The van der Waals surface area contributed by atoms with Gasteiger partial charge < -0.3 is 9.15 Å². The second-order valence-electron chi connectivity index (χ2n) is 6.80.